The minimum Gasteiger partial charge on any atom is -0.381 e. The van der Waals surface area contributed by atoms with E-state index < -0.39 is 17.9 Å². The smallest absolute Gasteiger partial charge is 0.264 e. The first kappa shape index (κ1) is 33.8. The van der Waals surface area contributed by atoms with Crippen LogP contribution in [0.1, 0.15) is 58.7 Å². The Bertz CT molecular complexity index is 2090. The Hall–Kier alpha value is -6.06. The van der Waals surface area contributed by atoms with Crippen molar-refractivity contribution >= 4 is 40.8 Å². The number of nitrogens with zero attached hydrogens (tertiary/aromatic N) is 6. The van der Waals surface area contributed by atoms with Gasteiger partial charge in [0.2, 0.25) is 0 Å². The van der Waals surface area contributed by atoms with Crippen molar-refractivity contribution in [3.8, 4) is 17.5 Å². The molecule has 240 valence electrons. The molecule has 12 heteroatoms. The Balaban J connectivity index is 0.00000245. The second-order valence-corrected chi connectivity index (χ2v) is 10.5. The summed E-state index contributed by atoms with van der Waals surface area (Å²) < 4.78 is 4.62. The molecule has 0 fully saturated rings. The minimum absolute atomic E-state index is 0.0277. The number of rotatable bonds is 8. The van der Waals surface area contributed by atoms with Crippen molar-refractivity contribution in [3.05, 3.63) is 112 Å². The first-order chi connectivity index (χ1) is 22.7. The molecule has 2 atom stereocenters. The first-order valence-electron chi connectivity index (χ1n) is 14.8. The molecule has 0 spiro atoms. The molecule has 12 nitrogen and oxygen atoms in total. The number of benzene rings is 2. The van der Waals surface area contributed by atoms with Gasteiger partial charge in [0.05, 0.1) is 34.8 Å². The number of nitrogen functional groups attached to an aromatic ring is 1. The lowest BCUT2D eigenvalue weighted by atomic mass is 10.0. The van der Waals surface area contributed by atoms with Crippen LogP contribution >= 0.6 is 0 Å². The lowest BCUT2D eigenvalue weighted by Gasteiger charge is -2.21. The lowest BCUT2D eigenvalue weighted by molar-refractivity contribution is -0.108. The topological polar surface area (TPSA) is 168 Å². The summed E-state index contributed by atoms with van der Waals surface area (Å²) in [5.41, 5.74) is 13.4. The molecule has 47 heavy (non-hydrogen) atoms. The molecule has 0 saturated heterocycles. The van der Waals surface area contributed by atoms with E-state index >= 15 is 0 Å². The number of amides is 1. The summed E-state index contributed by atoms with van der Waals surface area (Å²) in [7, 11) is 4.90. The van der Waals surface area contributed by atoms with Crippen molar-refractivity contribution in [3.63, 3.8) is 0 Å². The first-order valence-corrected chi connectivity index (χ1v) is 14.8. The SMILES string of the molecule is C=C/C=N\c1c(C(=O)NC(C)c2cc3cccc(C#Cc4cnn(C)c4C(C)C=O)c3c(=O)n2-c2ccccc2)c(N)nn1C.CN. The average molecular weight is 632 g/mol. The second-order valence-electron chi connectivity index (χ2n) is 10.5. The monoisotopic (exact) mass is 631 g/mol. The lowest BCUT2D eigenvalue weighted by Crippen LogP contribution is -2.32. The van der Waals surface area contributed by atoms with Crippen molar-refractivity contribution in [1.82, 2.24) is 29.4 Å². The maximum absolute atomic E-state index is 14.4. The standard InChI is InChI=1S/C34H32N8O3.CH5N/c1-6-17-36-32-29(31(35)39-41(32)5)33(44)38-22(3)27-18-24-12-10-11-23(15-16-25-19-37-40(4)30(25)21(2)20-43)28(24)34(45)42(27)26-13-8-7-9-14-26;1-2/h6-14,17-22H,1H2,2-5H3,(H2,35,39)(H,38,44);2H2,1H3/b36-17-;. The fourth-order valence-corrected chi connectivity index (χ4v) is 5.30. The molecule has 0 aliphatic rings. The zero-order chi connectivity index (χ0) is 34.2. The molecular formula is C35H37N9O3. The molecular weight excluding hydrogens is 594 g/mol. The fourth-order valence-electron chi connectivity index (χ4n) is 5.30. The molecule has 5 aromatic rings. The average Bonchev–Trinajstić information content (AvgIpc) is 3.59. The number of para-hydroxylation sites is 1. The molecule has 2 aromatic carbocycles. The Morgan fingerprint density at radius 1 is 1.04 bits per heavy atom. The number of nitrogens with one attached hydrogen (secondary N) is 1. The summed E-state index contributed by atoms with van der Waals surface area (Å²) in [4.78, 5) is 43.7. The van der Waals surface area contributed by atoms with Gasteiger partial charge in [-0.2, -0.15) is 10.2 Å². The predicted molar refractivity (Wildman–Crippen MR) is 185 cm³/mol. The van der Waals surface area contributed by atoms with E-state index in [4.69, 9.17) is 5.73 Å². The highest BCUT2D eigenvalue weighted by molar-refractivity contribution is 6.03. The van der Waals surface area contributed by atoms with Gasteiger partial charge in [-0.1, -0.05) is 61.8 Å². The number of hydrogen-bond donors (Lipinski definition) is 3. The highest BCUT2D eigenvalue weighted by atomic mass is 16.2. The third-order valence-electron chi connectivity index (χ3n) is 7.41. The molecule has 3 aromatic heterocycles. The van der Waals surface area contributed by atoms with Crippen molar-refractivity contribution in [2.75, 3.05) is 12.8 Å². The second kappa shape index (κ2) is 14.8. The van der Waals surface area contributed by atoms with E-state index in [-0.39, 0.29) is 22.8 Å². The number of anilines is 1. The van der Waals surface area contributed by atoms with Gasteiger partial charge in [0.25, 0.3) is 11.5 Å². The highest BCUT2D eigenvalue weighted by Gasteiger charge is 2.25. The van der Waals surface area contributed by atoms with Gasteiger partial charge in [0.1, 0.15) is 11.8 Å². The number of fused-ring (bicyclic) bond motifs is 1. The van der Waals surface area contributed by atoms with E-state index in [1.54, 1.807) is 49.5 Å². The number of aryl methyl sites for hydroxylation is 2. The number of aromatic nitrogens is 5. The molecule has 0 aliphatic heterocycles. The van der Waals surface area contributed by atoms with Gasteiger partial charge in [-0.3, -0.25) is 18.8 Å². The van der Waals surface area contributed by atoms with Crippen molar-refractivity contribution in [2.24, 2.45) is 24.8 Å². The molecule has 5 N–H and O–H groups in total. The molecule has 0 aliphatic carbocycles. The van der Waals surface area contributed by atoms with Gasteiger partial charge >= 0.3 is 0 Å². The molecule has 0 saturated carbocycles. The minimum atomic E-state index is -0.636. The van der Waals surface area contributed by atoms with Gasteiger partial charge in [0.15, 0.2) is 11.6 Å². The maximum Gasteiger partial charge on any atom is 0.264 e. The van der Waals surface area contributed by atoms with Gasteiger partial charge < -0.3 is 21.6 Å². The number of allylic oxidation sites excluding steroid dienone is 1. The molecule has 0 radical (unpaired) electrons. The van der Waals surface area contributed by atoms with Crippen molar-refractivity contribution < 1.29 is 9.59 Å². The van der Waals surface area contributed by atoms with Crippen LogP contribution < -0.4 is 22.3 Å². The Labute approximate surface area is 272 Å². The number of carbonyl (C=O) groups is 2. The van der Waals surface area contributed by atoms with Gasteiger partial charge in [0, 0.05) is 37.3 Å². The van der Waals surface area contributed by atoms with E-state index in [0.717, 1.165) is 6.29 Å². The van der Waals surface area contributed by atoms with Crippen molar-refractivity contribution in [2.45, 2.75) is 25.8 Å². The summed E-state index contributed by atoms with van der Waals surface area (Å²) in [5, 5.41) is 12.5. The van der Waals surface area contributed by atoms with Crippen LogP contribution in [0.5, 0.6) is 0 Å². The fraction of sp³-hybridized carbons (Fsp3) is 0.200. The number of aliphatic imine (C=N–C) groups is 1. The van der Waals surface area contributed by atoms with Crippen molar-refractivity contribution in [1.29, 1.82) is 0 Å². The van der Waals surface area contributed by atoms with Gasteiger partial charge in [-0.15, -0.1) is 0 Å². The largest absolute Gasteiger partial charge is 0.381 e. The predicted octanol–water partition coefficient (Wildman–Crippen LogP) is 3.70. The summed E-state index contributed by atoms with van der Waals surface area (Å²) in [5.74, 6) is 5.68. The highest BCUT2D eigenvalue weighted by Crippen LogP contribution is 2.27. The third kappa shape index (κ3) is 6.80. The molecule has 0 bridgehead atoms. The van der Waals surface area contributed by atoms with E-state index in [1.165, 1.54) is 24.0 Å². The van der Waals surface area contributed by atoms with Crippen LogP contribution in [0, 0.1) is 11.8 Å². The number of carbonyl (C=O) groups excluding carboxylic acids is 2. The number of hydrogen-bond acceptors (Lipinski definition) is 8. The quantitative estimate of drug-likeness (QED) is 0.133. The zero-order valence-corrected chi connectivity index (χ0v) is 26.9. The Kier molecular flexibility index (Phi) is 10.7. The number of nitrogens with two attached hydrogens (primary N) is 2. The van der Waals surface area contributed by atoms with E-state index in [0.29, 0.717) is 39.0 Å². The summed E-state index contributed by atoms with van der Waals surface area (Å²) in [6.07, 6.45) is 5.39. The number of pyridine rings is 1. The summed E-state index contributed by atoms with van der Waals surface area (Å²) in [6.45, 7) is 7.20. The molecule has 3 heterocycles. The van der Waals surface area contributed by atoms with E-state index in [9.17, 15) is 14.4 Å². The summed E-state index contributed by atoms with van der Waals surface area (Å²) in [6, 6.07) is 15.9. The van der Waals surface area contributed by atoms with E-state index in [1.807, 2.05) is 48.5 Å². The number of aldehydes is 1. The van der Waals surface area contributed by atoms with Gasteiger partial charge in [-0.25, -0.2) is 9.67 Å². The normalized spacial score (nSPS) is 12.0. The molecule has 2 unspecified atom stereocenters. The Morgan fingerprint density at radius 2 is 1.74 bits per heavy atom. The van der Waals surface area contributed by atoms with E-state index in [2.05, 4.69) is 44.7 Å². The Morgan fingerprint density at radius 3 is 2.43 bits per heavy atom. The molecule has 1 amide bonds. The van der Waals surface area contributed by atoms with Crippen LogP contribution in [0.4, 0.5) is 11.6 Å². The third-order valence-corrected chi connectivity index (χ3v) is 7.41. The van der Waals surface area contributed by atoms with Gasteiger partial charge in [-0.05, 0) is 43.6 Å². The van der Waals surface area contributed by atoms with Crippen LogP contribution in [-0.2, 0) is 18.9 Å². The molecule has 5 rings (SSSR count). The van der Waals surface area contributed by atoms with Crippen LogP contribution in [-0.4, -0.2) is 49.6 Å². The zero-order valence-electron chi connectivity index (χ0n) is 26.9. The summed E-state index contributed by atoms with van der Waals surface area (Å²) >= 11 is 0. The van der Waals surface area contributed by atoms with Crippen LogP contribution in [0.3, 0.4) is 0 Å². The van der Waals surface area contributed by atoms with Crippen LogP contribution in [0.15, 0.2) is 83.2 Å². The van der Waals surface area contributed by atoms with Crippen LogP contribution in [0.25, 0.3) is 16.5 Å². The maximum atomic E-state index is 14.4. The van der Waals surface area contributed by atoms with Crippen LogP contribution in [0.2, 0.25) is 0 Å².